The number of amides is 2. The van der Waals surface area contributed by atoms with Gasteiger partial charge >= 0.3 is 0 Å². The number of imide groups is 1. The highest BCUT2D eigenvalue weighted by molar-refractivity contribution is 6.05. The lowest BCUT2D eigenvalue weighted by molar-refractivity contribution is -0.141. The van der Waals surface area contributed by atoms with Crippen LogP contribution in [0, 0.1) is 11.8 Å². The summed E-state index contributed by atoms with van der Waals surface area (Å²) in [6.07, 6.45) is 0.634. The number of aryl methyl sites for hydroxylation is 1. The number of nitrogens with zero attached hydrogens (tertiary/aromatic N) is 4. The molecular weight excluding hydrogens is 320 g/mol. The summed E-state index contributed by atoms with van der Waals surface area (Å²) in [6.45, 7) is 3.98. The molecule has 130 valence electrons. The summed E-state index contributed by atoms with van der Waals surface area (Å²) in [4.78, 5) is 28.8. The van der Waals surface area contributed by atoms with E-state index in [1.54, 1.807) is 0 Å². The van der Waals surface area contributed by atoms with Crippen LogP contribution in [0.25, 0.3) is 0 Å². The average Bonchev–Trinajstić information content (AvgIpc) is 3.30. The summed E-state index contributed by atoms with van der Waals surface area (Å²) in [5.74, 6) is 0.0705. The molecule has 0 aliphatic carbocycles. The molecule has 7 nitrogen and oxygen atoms in total. The Morgan fingerprint density at radius 1 is 1.00 bits per heavy atom. The van der Waals surface area contributed by atoms with Gasteiger partial charge in [-0.25, -0.2) is 0 Å². The Balaban J connectivity index is 1.42. The smallest absolute Gasteiger partial charge is 0.236 e. The molecule has 2 atom stereocenters. The van der Waals surface area contributed by atoms with Crippen molar-refractivity contribution in [3.05, 3.63) is 47.7 Å². The Morgan fingerprint density at radius 3 is 2.24 bits per heavy atom. The number of carbonyl (C=O) groups is 2. The molecule has 0 N–H and O–H groups in total. The van der Waals surface area contributed by atoms with Gasteiger partial charge in [0.15, 0.2) is 0 Å². The van der Waals surface area contributed by atoms with Crippen LogP contribution in [0.2, 0.25) is 0 Å². The zero-order chi connectivity index (χ0) is 17.4. The third kappa shape index (κ3) is 2.95. The van der Waals surface area contributed by atoms with Crippen LogP contribution in [-0.2, 0) is 29.1 Å². The van der Waals surface area contributed by atoms with Gasteiger partial charge in [0.1, 0.15) is 6.54 Å². The van der Waals surface area contributed by atoms with Gasteiger partial charge < -0.3 is 4.42 Å². The highest BCUT2D eigenvalue weighted by Crippen LogP contribution is 2.34. The predicted molar refractivity (Wildman–Crippen MR) is 87.9 cm³/mol. The molecule has 0 unspecified atom stereocenters. The second kappa shape index (κ2) is 6.40. The van der Waals surface area contributed by atoms with Crippen molar-refractivity contribution in [2.75, 3.05) is 13.1 Å². The quantitative estimate of drug-likeness (QED) is 0.762. The average molecular weight is 340 g/mol. The first-order valence-corrected chi connectivity index (χ1v) is 8.58. The standard InChI is InChI=1S/C18H20N4O3/c1-2-15-19-20-16(25-15)11-22-17(23)13-9-21(10-14(13)18(22)24)8-12-6-4-3-5-7-12/h3-7,13-14H,2,8-11H2,1H3/t13-,14+. The molecule has 7 heteroatoms. The fraction of sp³-hybridized carbons (Fsp3) is 0.444. The number of carbonyl (C=O) groups excluding carboxylic acids is 2. The molecule has 0 radical (unpaired) electrons. The molecular formula is C18H20N4O3. The van der Waals surface area contributed by atoms with Crippen LogP contribution >= 0.6 is 0 Å². The van der Waals surface area contributed by atoms with Crippen LogP contribution in [0.1, 0.15) is 24.3 Å². The van der Waals surface area contributed by atoms with E-state index < -0.39 is 0 Å². The van der Waals surface area contributed by atoms with Gasteiger partial charge in [0.05, 0.1) is 11.8 Å². The fourth-order valence-corrected chi connectivity index (χ4v) is 3.65. The van der Waals surface area contributed by atoms with E-state index in [0.717, 1.165) is 6.54 Å². The summed E-state index contributed by atoms with van der Waals surface area (Å²) in [5.41, 5.74) is 1.19. The van der Waals surface area contributed by atoms with Crippen molar-refractivity contribution in [1.82, 2.24) is 20.0 Å². The number of fused-ring (bicyclic) bond motifs is 1. The van der Waals surface area contributed by atoms with Crippen LogP contribution in [0.15, 0.2) is 34.7 Å². The van der Waals surface area contributed by atoms with E-state index in [1.807, 2.05) is 25.1 Å². The minimum absolute atomic E-state index is 0.0797. The van der Waals surface area contributed by atoms with Crippen LogP contribution in [0.5, 0.6) is 0 Å². The lowest BCUT2D eigenvalue weighted by atomic mass is 10.00. The Hall–Kier alpha value is -2.54. The van der Waals surface area contributed by atoms with Crippen LogP contribution < -0.4 is 0 Å². The molecule has 0 bridgehead atoms. The van der Waals surface area contributed by atoms with Gasteiger partial charge in [-0.1, -0.05) is 37.3 Å². The molecule has 2 aliphatic rings. The maximum Gasteiger partial charge on any atom is 0.236 e. The maximum absolute atomic E-state index is 12.7. The molecule has 0 spiro atoms. The van der Waals surface area contributed by atoms with E-state index in [0.29, 0.717) is 31.3 Å². The van der Waals surface area contributed by atoms with E-state index in [1.165, 1.54) is 10.5 Å². The largest absolute Gasteiger partial charge is 0.423 e. The topological polar surface area (TPSA) is 79.5 Å². The summed E-state index contributed by atoms with van der Waals surface area (Å²) >= 11 is 0. The van der Waals surface area contributed by atoms with Crippen molar-refractivity contribution in [1.29, 1.82) is 0 Å². The Kier molecular flexibility index (Phi) is 4.09. The van der Waals surface area contributed by atoms with Gasteiger partial charge in [0, 0.05) is 26.1 Å². The highest BCUT2D eigenvalue weighted by Gasteiger charge is 2.52. The first kappa shape index (κ1) is 16.0. The fourth-order valence-electron chi connectivity index (χ4n) is 3.65. The monoisotopic (exact) mass is 340 g/mol. The zero-order valence-electron chi connectivity index (χ0n) is 14.1. The van der Waals surface area contributed by atoms with E-state index in [4.69, 9.17) is 4.42 Å². The number of benzene rings is 1. The third-order valence-corrected chi connectivity index (χ3v) is 4.92. The van der Waals surface area contributed by atoms with Gasteiger partial charge in [0.2, 0.25) is 23.6 Å². The molecule has 3 heterocycles. The number of hydrogen-bond donors (Lipinski definition) is 0. The molecule has 2 aromatic rings. The minimum atomic E-state index is -0.259. The Morgan fingerprint density at radius 2 is 1.64 bits per heavy atom. The summed E-state index contributed by atoms with van der Waals surface area (Å²) in [6, 6.07) is 10.1. The molecule has 0 saturated carbocycles. The molecule has 25 heavy (non-hydrogen) atoms. The molecule has 1 aromatic heterocycles. The van der Waals surface area contributed by atoms with Crippen molar-refractivity contribution in [2.45, 2.75) is 26.4 Å². The lowest BCUT2D eigenvalue weighted by Crippen LogP contribution is -2.35. The predicted octanol–water partition coefficient (Wildman–Crippen LogP) is 1.25. The summed E-state index contributed by atoms with van der Waals surface area (Å²) < 4.78 is 5.43. The van der Waals surface area contributed by atoms with Crippen molar-refractivity contribution >= 4 is 11.8 Å². The van der Waals surface area contributed by atoms with Gasteiger partial charge in [-0.05, 0) is 5.56 Å². The number of aromatic nitrogens is 2. The molecule has 4 rings (SSSR count). The minimum Gasteiger partial charge on any atom is -0.423 e. The van der Waals surface area contributed by atoms with E-state index >= 15 is 0 Å². The second-order valence-corrected chi connectivity index (χ2v) is 6.60. The van der Waals surface area contributed by atoms with Gasteiger partial charge in [-0.15, -0.1) is 10.2 Å². The van der Waals surface area contributed by atoms with Crippen LogP contribution in [0.3, 0.4) is 0 Å². The molecule has 1 aromatic carbocycles. The first-order chi connectivity index (χ1) is 12.2. The summed E-state index contributed by atoms with van der Waals surface area (Å²) in [7, 11) is 0. The van der Waals surface area contributed by atoms with Gasteiger partial charge in [0.25, 0.3) is 0 Å². The second-order valence-electron chi connectivity index (χ2n) is 6.60. The van der Waals surface area contributed by atoms with Gasteiger partial charge in [-0.2, -0.15) is 0 Å². The first-order valence-electron chi connectivity index (χ1n) is 8.58. The lowest BCUT2D eigenvalue weighted by Gasteiger charge is -2.19. The molecule has 2 saturated heterocycles. The Bertz CT molecular complexity index is 765. The number of hydrogen-bond acceptors (Lipinski definition) is 6. The van der Waals surface area contributed by atoms with E-state index in [-0.39, 0.29) is 30.2 Å². The molecule has 2 amide bonds. The SMILES string of the molecule is CCc1nnc(CN2C(=O)[C@H]3CN(Cc4ccccc4)C[C@H]3C2=O)o1. The third-order valence-electron chi connectivity index (χ3n) is 4.92. The van der Waals surface area contributed by atoms with Crippen LogP contribution in [0.4, 0.5) is 0 Å². The molecule has 2 fully saturated rings. The number of rotatable bonds is 5. The normalized spacial score (nSPS) is 23.5. The van der Waals surface area contributed by atoms with E-state index in [2.05, 4.69) is 27.2 Å². The zero-order valence-corrected chi connectivity index (χ0v) is 14.1. The highest BCUT2D eigenvalue weighted by atomic mass is 16.4. The van der Waals surface area contributed by atoms with Crippen molar-refractivity contribution in [3.63, 3.8) is 0 Å². The van der Waals surface area contributed by atoms with E-state index in [9.17, 15) is 9.59 Å². The van der Waals surface area contributed by atoms with Gasteiger partial charge in [-0.3, -0.25) is 19.4 Å². The Labute approximate surface area is 145 Å². The molecule has 2 aliphatic heterocycles. The van der Waals surface area contributed by atoms with Crippen molar-refractivity contribution < 1.29 is 14.0 Å². The maximum atomic E-state index is 12.7. The number of likely N-dealkylation sites (tertiary alicyclic amines) is 2. The van der Waals surface area contributed by atoms with Crippen molar-refractivity contribution in [3.8, 4) is 0 Å². The van der Waals surface area contributed by atoms with Crippen LogP contribution in [-0.4, -0.2) is 44.9 Å². The summed E-state index contributed by atoms with van der Waals surface area (Å²) in [5, 5.41) is 7.79. The van der Waals surface area contributed by atoms with Crippen molar-refractivity contribution in [2.24, 2.45) is 11.8 Å².